The van der Waals surface area contributed by atoms with Gasteiger partial charge in [-0.25, -0.2) is 4.79 Å². The lowest BCUT2D eigenvalue weighted by Gasteiger charge is -2.04. The highest BCUT2D eigenvalue weighted by Crippen LogP contribution is 2.18. The van der Waals surface area contributed by atoms with E-state index in [1.165, 1.54) is 4.57 Å². The van der Waals surface area contributed by atoms with Crippen molar-refractivity contribution in [1.82, 2.24) is 4.57 Å². The Kier molecular flexibility index (Phi) is 2.44. The number of hydrogen-bond acceptors (Lipinski definition) is 4. The predicted octanol–water partition coefficient (Wildman–Crippen LogP) is 2.34. The summed E-state index contributed by atoms with van der Waals surface area (Å²) in [5.41, 5.74) is 2.27. The van der Waals surface area contributed by atoms with Gasteiger partial charge in [-0.15, -0.1) is 0 Å². The molecule has 1 aromatic carbocycles. The van der Waals surface area contributed by atoms with Crippen LogP contribution < -0.4 is 11.1 Å². The fraction of sp³-hybridized carbons (Fsp3) is 0.154. The molecule has 3 rings (SSSR count). The maximum Gasteiger partial charge on any atom is 0.419 e. The topological polar surface area (TPSA) is 60.3 Å². The van der Waals surface area contributed by atoms with E-state index in [1.807, 2.05) is 24.3 Å². The zero-order valence-corrected chi connectivity index (χ0v) is 9.84. The fourth-order valence-electron chi connectivity index (χ4n) is 1.84. The highest BCUT2D eigenvalue weighted by atomic mass is 16.4. The van der Waals surface area contributed by atoms with Crippen LogP contribution in [-0.4, -0.2) is 4.57 Å². The number of benzene rings is 1. The molecule has 5 heteroatoms. The summed E-state index contributed by atoms with van der Waals surface area (Å²) in [5, 5.41) is 3.22. The van der Waals surface area contributed by atoms with Gasteiger partial charge in [0, 0.05) is 12.7 Å². The highest BCUT2D eigenvalue weighted by Gasteiger charge is 2.06. The summed E-state index contributed by atoms with van der Waals surface area (Å²) in [6, 6.07) is 9.28. The first-order valence-corrected chi connectivity index (χ1v) is 5.60. The minimum absolute atomic E-state index is 0.354. The molecule has 0 saturated carbocycles. The van der Waals surface area contributed by atoms with Crippen LogP contribution in [0.15, 0.2) is 50.2 Å². The molecule has 2 aromatic heterocycles. The molecule has 0 aliphatic rings. The van der Waals surface area contributed by atoms with Crippen molar-refractivity contribution in [1.29, 1.82) is 0 Å². The van der Waals surface area contributed by atoms with Gasteiger partial charge in [-0.3, -0.25) is 4.57 Å². The smallest absolute Gasteiger partial charge is 0.419 e. The van der Waals surface area contributed by atoms with Crippen molar-refractivity contribution in [2.45, 2.75) is 6.54 Å². The Bertz CT molecular complexity index is 722. The maximum atomic E-state index is 11.4. The van der Waals surface area contributed by atoms with E-state index >= 15 is 0 Å². The van der Waals surface area contributed by atoms with Crippen LogP contribution in [0.2, 0.25) is 0 Å². The van der Waals surface area contributed by atoms with Gasteiger partial charge in [0.2, 0.25) is 0 Å². The Balaban J connectivity index is 1.88. The van der Waals surface area contributed by atoms with Crippen molar-refractivity contribution in [3.05, 3.63) is 52.9 Å². The average Bonchev–Trinajstić information content (AvgIpc) is 2.97. The molecule has 2 heterocycles. The molecule has 18 heavy (non-hydrogen) atoms. The van der Waals surface area contributed by atoms with Gasteiger partial charge < -0.3 is 14.2 Å². The van der Waals surface area contributed by atoms with E-state index in [0.717, 1.165) is 17.0 Å². The third-order valence-corrected chi connectivity index (χ3v) is 2.84. The number of nitrogens with zero attached hydrogens (tertiary/aromatic N) is 1. The first kappa shape index (κ1) is 10.7. The molecule has 92 valence electrons. The van der Waals surface area contributed by atoms with Gasteiger partial charge in [0.15, 0.2) is 5.58 Å². The summed E-state index contributed by atoms with van der Waals surface area (Å²) >= 11 is 0. The molecule has 0 atom stereocenters. The van der Waals surface area contributed by atoms with Crippen LogP contribution in [0.25, 0.3) is 11.1 Å². The second-order valence-electron chi connectivity index (χ2n) is 4.04. The molecule has 3 aromatic rings. The fourth-order valence-corrected chi connectivity index (χ4v) is 1.84. The van der Waals surface area contributed by atoms with Crippen molar-refractivity contribution in [3.8, 4) is 0 Å². The van der Waals surface area contributed by atoms with Crippen molar-refractivity contribution in [2.75, 3.05) is 5.32 Å². The van der Waals surface area contributed by atoms with Crippen LogP contribution in [0.1, 0.15) is 5.76 Å². The Hall–Kier alpha value is -2.43. The maximum absolute atomic E-state index is 11.4. The van der Waals surface area contributed by atoms with E-state index in [0.29, 0.717) is 12.1 Å². The van der Waals surface area contributed by atoms with Crippen molar-refractivity contribution in [2.24, 2.45) is 7.05 Å². The highest BCUT2D eigenvalue weighted by molar-refractivity contribution is 5.77. The second-order valence-corrected chi connectivity index (χ2v) is 4.04. The van der Waals surface area contributed by atoms with Crippen LogP contribution in [-0.2, 0) is 13.6 Å². The van der Waals surface area contributed by atoms with Crippen LogP contribution in [0.5, 0.6) is 0 Å². The third-order valence-electron chi connectivity index (χ3n) is 2.84. The first-order chi connectivity index (χ1) is 8.74. The van der Waals surface area contributed by atoms with Gasteiger partial charge in [0.1, 0.15) is 5.76 Å². The lowest BCUT2D eigenvalue weighted by atomic mass is 10.2. The van der Waals surface area contributed by atoms with E-state index in [9.17, 15) is 4.79 Å². The molecule has 0 bridgehead atoms. The van der Waals surface area contributed by atoms with E-state index in [2.05, 4.69) is 5.32 Å². The van der Waals surface area contributed by atoms with Gasteiger partial charge in [0.05, 0.1) is 18.3 Å². The largest absolute Gasteiger partial charge is 0.467 e. The molecule has 0 spiro atoms. The Morgan fingerprint density at radius 1 is 1.33 bits per heavy atom. The summed E-state index contributed by atoms with van der Waals surface area (Å²) in [6.45, 7) is 0.601. The van der Waals surface area contributed by atoms with Gasteiger partial charge in [-0.1, -0.05) is 0 Å². The molecule has 0 radical (unpaired) electrons. The minimum Gasteiger partial charge on any atom is -0.467 e. The van der Waals surface area contributed by atoms with Crippen LogP contribution in [0, 0.1) is 0 Å². The van der Waals surface area contributed by atoms with Gasteiger partial charge in [-0.05, 0) is 30.3 Å². The zero-order valence-electron chi connectivity index (χ0n) is 9.84. The normalized spacial score (nSPS) is 10.9. The minimum atomic E-state index is -0.354. The lowest BCUT2D eigenvalue weighted by molar-refractivity contribution is 0.518. The predicted molar refractivity (Wildman–Crippen MR) is 67.5 cm³/mol. The number of nitrogens with one attached hydrogen (secondary N) is 1. The van der Waals surface area contributed by atoms with E-state index in [-0.39, 0.29) is 5.76 Å². The number of anilines is 1. The number of furan rings is 1. The molecule has 0 aliphatic heterocycles. The van der Waals surface area contributed by atoms with Crippen LogP contribution in [0.3, 0.4) is 0 Å². The van der Waals surface area contributed by atoms with E-state index in [4.69, 9.17) is 8.83 Å². The number of aryl methyl sites for hydroxylation is 1. The van der Waals surface area contributed by atoms with Crippen molar-refractivity contribution < 1.29 is 8.83 Å². The summed E-state index contributed by atoms with van der Waals surface area (Å²) in [7, 11) is 1.68. The quantitative estimate of drug-likeness (QED) is 0.768. The SMILES string of the molecule is Cn1c(=O)oc2ccc(NCc3ccco3)cc21. The molecule has 0 unspecified atom stereocenters. The van der Waals surface area contributed by atoms with E-state index in [1.54, 1.807) is 19.4 Å². The number of oxazole rings is 1. The second kappa shape index (κ2) is 4.10. The Labute approximate surface area is 103 Å². The summed E-state index contributed by atoms with van der Waals surface area (Å²) in [6.07, 6.45) is 1.64. The standard InChI is InChI=1S/C13H12N2O3/c1-15-11-7-9(4-5-12(11)18-13(15)16)14-8-10-3-2-6-17-10/h2-7,14H,8H2,1H3. The molecule has 5 nitrogen and oxygen atoms in total. The molecular weight excluding hydrogens is 232 g/mol. The van der Waals surface area contributed by atoms with Gasteiger partial charge >= 0.3 is 5.76 Å². The number of fused-ring (bicyclic) bond motifs is 1. The number of hydrogen-bond donors (Lipinski definition) is 1. The summed E-state index contributed by atoms with van der Waals surface area (Å²) < 4.78 is 11.8. The molecular formula is C13H12N2O3. The lowest BCUT2D eigenvalue weighted by Crippen LogP contribution is -2.08. The third kappa shape index (κ3) is 1.79. The van der Waals surface area contributed by atoms with Crippen molar-refractivity contribution >= 4 is 16.8 Å². The molecule has 0 aliphatic carbocycles. The van der Waals surface area contributed by atoms with Gasteiger partial charge in [-0.2, -0.15) is 0 Å². The van der Waals surface area contributed by atoms with Crippen LogP contribution in [0.4, 0.5) is 5.69 Å². The molecule has 0 saturated heterocycles. The van der Waals surface area contributed by atoms with E-state index < -0.39 is 0 Å². The Morgan fingerprint density at radius 2 is 2.22 bits per heavy atom. The monoisotopic (exact) mass is 244 g/mol. The summed E-state index contributed by atoms with van der Waals surface area (Å²) in [5.74, 6) is 0.504. The van der Waals surface area contributed by atoms with Gasteiger partial charge in [0.25, 0.3) is 0 Å². The van der Waals surface area contributed by atoms with Crippen LogP contribution >= 0.6 is 0 Å². The average molecular weight is 244 g/mol. The van der Waals surface area contributed by atoms with Crippen molar-refractivity contribution in [3.63, 3.8) is 0 Å². The Morgan fingerprint density at radius 3 is 3.00 bits per heavy atom. The zero-order chi connectivity index (χ0) is 12.5. The molecule has 0 amide bonds. The molecule has 1 N–H and O–H groups in total. The molecule has 0 fully saturated rings. The number of aromatic nitrogens is 1. The first-order valence-electron chi connectivity index (χ1n) is 5.60. The number of rotatable bonds is 3. The summed E-state index contributed by atoms with van der Waals surface area (Å²) in [4.78, 5) is 11.4.